The molecular formula is C23H20BrN5O. The van der Waals surface area contributed by atoms with E-state index in [1.807, 2.05) is 18.2 Å². The van der Waals surface area contributed by atoms with E-state index in [0.717, 1.165) is 64.2 Å². The van der Waals surface area contributed by atoms with Crippen molar-refractivity contribution in [1.82, 2.24) is 15.0 Å². The summed E-state index contributed by atoms with van der Waals surface area (Å²) < 4.78 is 6.53. The van der Waals surface area contributed by atoms with E-state index in [0.29, 0.717) is 11.5 Å². The number of para-hydroxylation sites is 1. The monoisotopic (exact) mass is 461 g/mol. The Hall–Kier alpha value is -3.03. The van der Waals surface area contributed by atoms with Crippen molar-refractivity contribution >= 4 is 38.5 Å². The lowest BCUT2D eigenvalue weighted by Crippen LogP contribution is -2.36. The molecule has 1 aliphatic heterocycles. The van der Waals surface area contributed by atoms with Crippen LogP contribution in [-0.2, 0) is 4.74 Å². The molecular weight excluding hydrogens is 442 g/mol. The topological polar surface area (TPSA) is 77.2 Å². The molecule has 30 heavy (non-hydrogen) atoms. The molecule has 0 bridgehead atoms. The summed E-state index contributed by atoms with van der Waals surface area (Å²) in [5.74, 6) is 0.426. The fourth-order valence-electron chi connectivity index (χ4n) is 3.88. The van der Waals surface area contributed by atoms with Crippen molar-refractivity contribution in [2.45, 2.75) is 0 Å². The number of hydrogen-bond donors (Lipinski definition) is 1. The molecule has 2 aromatic heterocycles. The van der Waals surface area contributed by atoms with Crippen LogP contribution in [0.1, 0.15) is 0 Å². The minimum Gasteiger partial charge on any atom is -0.383 e. The highest BCUT2D eigenvalue weighted by atomic mass is 79.9. The van der Waals surface area contributed by atoms with Crippen molar-refractivity contribution < 1.29 is 4.74 Å². The number of anilines is 2. The molecule has 0 radical (unpaired) electrons. The Bertz CT molecular complexity index is 1220. The summed E-state index contributed by atoms with van der Waals surface area (Å²) in [6.07, 6.45) is 1.47. The summed E-state index contributed by atoms with van der Waals surface area (Å²) in [5, 5.41) is 0.767. The Balaban J connectivity index is 1.74. The number of ether oxygens (including phenoxy) is 1. The molecule has 0 spiro atoms. The van der Waals surface area contributed by atoms with Crippen LogP contribution < -0.4 is 10.6 Å². The van der Waals surface area contributed by atoms with Gasteiger partial charge in [-0.2, -0.15) is 0 Å². The second-order valence-corrected chi connectivity index (χ2v) is 8.06. The van der Waals surface area contributed by atoms with E-state index in [2.05, 4.69) is 67.2 Å². The molecule has 7 heteroatoms. The number of hydrogen-bond acceptors (Lipinski definition) is 6. The van der Waals surface area contributed by atoms with Gasteiger partial charge in [0.1, 0.15) is 12.1 Å². The number of fused-ring (bicyclic) bond motifs is 1. The highest BCUT2D eigenvalue weighted by Gasteiger charge is 2.19. The molecule has 0 atom stereocenters. The summed E-state index contributed by atoms with van der Waals surface area (Å²) in [6, 6.07) is 18.6. The molecule has 4 aromatic rings. The first kappa shape index (κ1) is 19.0. The van der Waals surface area contributed by atoms with Crippen LogP contribution in [0, 0.1) is 0 Å². The van der Waals surface area contributed by atoms with Crippen molar-refractivity contribution in [3.8, 4) is 22.4 Å². The zero-order valence-electron chi connectivity index (χ0n) is 16.3. The largest absolute Gasteiger partial charge is 0.383 e. The highest BCUT2D eigenvalue weighted by Crippen LogP contribution is 2.37. The summed E-state index contributed by atoms with van der Waals surface area (Å²) in [6.45, 7) is 3.18. The van der Waals surface area contributed by atoms with Crippen molar-refractivity contribution in [1.29, 1.82) is 0 Å². The van der Waals surface area contributed by atoms with Crippen LogP contribution in [0.25, 0.3) is 33.4 Å². The Labute approximate surface area is 182 Å². The Kier molecular flexibility index (Phi) is 5.06. The minimum atomic E-state index is 0.426. The second-order valence-electron chi connectivity index (χ2n) is 7.14. The van der Waals surface area contributed by atoms with E-state index in [4.69, 9.17) is 15.5 Å². The summed E-state index contributed by atoms with van der Waals surface area (Å²) in [5.41, 5.74) is 11.9. The summed E-state index contributed by atoms with van der Waals surface area (Å²) >= 11 is 3.57. The van der Waals surface area contributed by atoms with Gasteiger partial charge in [-0.1, -0.05) is 46.3 Å². The molecule has 1 saturated heterocycles. The van der Waals surface area contributed by atoms with Crippen molar-refractivity contribution in [3.63, 3.8) is 0 Å². The van der Waals surface area contributed by atoms with Crippen molar-refractivity contribution in [2.24, 2.45) is 0 Å². The van der Waals surface area contributed by atoms with E-state index in [1.54, 1.807) is 0 Å². The molecule has 0 amide bonds. The molecule has 3 heterocycles. The van der Waals surface area contributed by atoms with Gasteiger partial charge in [-0.05, 0) is 35.4 Å². The lowest BCUT2D eigenvalue weighted by atomic mass is 9.99. The zero-order valence-corrected chi connectivity index (χ0v) is 17.8. The van der Waals surface area contributed by atoms with Crippen molar-refractivity contribution in [2.75, 3.05) is 36.9 Å². The Morgan fingerprint density at radius 1 is 0.933 bits per heavy atom. The maximum atomic E-state index is 6.24. The Morgan fingerprint density at radius 3 is 2.60 bits per heavy atom. The lowest BCUT2D eigenvalue weighted by Gasteiger charge is -2.30. The average Bonchev–Trinajstić information content (AvgIpc) is 2.79. The van der Waals surface area contributed by atoms with Crippen LogP contribution in [0.15, 0.2) is 65.4 Å². The molecule has 0 saturated carbocycles. The molecule has 6 nitrogen and oxygen atoms in total. The van der Waals surface area contributed by atoms with Gasteiger partial charge in [-0.15, -0.1) is 0 Å². The number of aromatic nitrogens is 3. The molecule has 2 aromatic carbocycles. The van der Waals surface area contributed by atoms with Crippen LogP contribution in [0.4, 0.5) is 11.5 Å². The Morgan fingerprint density at radius 2 is 1.77 bits per heavy atom. The van der Waals surface area contributed by atoms with Crippen LogP contribution in [0.3, 0.4) is 0 Å². The standard InChI is InChI=1S/C23H20BrN5O/c24-16-5-3-4-15(12-16)18-13-19(28-23-21(18)22(25)26-14-27-23)17-6-1-2-7-20(17)29-8-10-30-11-9-29/h1-7,12-14H,8-11H2,(H2,25,26,27,28). The fourth-order valence-corrected chi connectivity index (χ4v) is 4.28. The van der Waals surface area contributed by atoms with Crippen LogP contribution in [-0.4, -0.2) is 41.3 Å². The molecule has 2 N–H and O–H groups in total. The molecule has 150 valence electrons. The molecule has 1 aliphatic rings. The number of halogens is 1. The van der Waals surface area contributed by atoms with Gasteiger partial charge in [0.25, 0.3) is 0 Å². The third-order valence-corrected chi connectivity index (χ3v) is 5.79. The summed E-state index contributed by atoms with van der Waals surface area (Å²) in [4.78, 5) is 15.8. The van der Waals surface area contributed by atoms with Crippen LogP contribution in [0.5, 0.6) is 0 Å². The minimum absolute atomic E-state index is 0.426. The maximum Gasteiger partial charge on any atom is 0.165 e. The number of rotatable bonds is 3. The molecule has 1 fully saturated rings. The van der Waals surface area contributed by atoms with Crippen molar-refractivity contribution in [3.05, 3.63) is 65.4 Å². The van der Waals surface area contributed by atoms with E-state index in [1.165, 1.54) is 6.33 Å². The SMILES string of the molecule is Nc1ncnc2nc(-c3ccccc3N3CCOCC3)cc(-c3cccc(Br)c3)c12. The van der Waals surface area contributed by atoms with E-state index in [9.17, 15) is 0 Å². The third-order valence-electron chi connectivity index (χ3n) is 5.30. The number of pyridine rings is 1. The first-order chi connectivity index (χ1) is 14.7. The van der Waals surface area contributed by atoms with E-state index >= 15 is 0 Å². The highest BCUT2D eigenvalue weighted by molar-refractivity contribution is 9.10. The van der Waals surface area contributed by atoms with Gasteiger partial charge in [-0.25, -0.2) is 15.0 Å². The zero-order chi connectivity index (χ0) is 20.5. The van der Waals surface area contributed by atoms with Gasteiger partial charge >= 0.3 is 0 Å². The normalized spacial score (nSPS) is 14.2. The number of benzene rings is 2. The fraction of sp³-hybridized carbons (Fsp3) is 0.174. The van der Waals surface area contributed by atoms with Gasteiger partial charge in [-0.3, -0.25) is 0 Å². The summed E-state index contributed by atoms with van der Waals surface area (Å²) in [7, 11) is 0. The van der Waals surface area contributed by atoms with E-state index in [-0.39, 0.29) is 0 Å². The first-order valence-electron chi connectivity index (χ1n) is 9.80. The van der Waals surface area contributed by atoms with Gasteiger partial charge in [0.2, 0.25) is 0 Å². The number of nitrogens with two attached hydrogens (primary N) is 1. The van der Waals surface area contributed by atoms with Gasteiger partial charge in [0.15, 0.2) is 5.65 Å². The van der Waals surface area contributed by atoms with E-state index < -0.39 is 0 Å². The first-order valence-corrected chi connectivity index (χ1v) is 10.6. The predicted octanol–water partition coefficient (Wildman–Crippen LogP) is 4.54. The third kappa shape index (κ3) is 3.51. The van der Waals surface area contributed by atoms with Gasteiger partial charge < -0.3 is 15.4 Å². The van der Waals surface area contributed by atoms with Crippen LogP contribution in [0.2, 0.25) is 0 Å². The molecule has 5 rings (SSSR count). The number of nitrogens with zero attached hydrogens (tertiary/aromatic N) is 4. The smallest absolute Gasteiger partial charge is 0.165 e. The maximum absolute atomic E-state index is 6.24. The molecule has 0 aliphatic carbocycles. The molecule has 0 unspecified atom stereocenters. The lowest BCUT2D eigenvalue weighted by molar-refractivity contribution is 0.123. The quantitative estimate of drug-likeness (QED) is 0.482. The van der Waals surface area contributed by atoms with Crippen LogP contribution >= 0.6 is 15.9 Å². The second kappa shape index (κ2) is 8.01. The number of nitrogen functional groups attached to an aromatic ring is 1. The average molecular weight is 462 g/mol. The predicted molar refractivity (Wildman–Crippen MR) is 123 cm³/mol. The number of morpholine rings is 1. The van der Waals surface area contributed by atoms with Gasteiger partial charge in [0, 0.05) is 28.8 Å². The van der Waals surface area contributed by atoms with Gasteiger partial charge in [0.05, 0.1) is 24.3 Å².